The minimum atomic E-state index is -0.597. The van der Waals surface area contributed by atoms with Crippen molar-refractivity contribution >= 4 is 11.8 Å². The van der Waals surface area contributed by atoms with Gasteiger partial charge >= 0.3 is 0 Å². The molecule has 2 aliphatic heterocycles. The predicted molar refractivity (Wildman–Crippen MR) is 198 cm³/mol. The highest BCUT2D eigenvalue weighted by Crippen LogP contribution is 2.61. The number of nitrogens with one attached hydrogen (secondary N) is 2. The van der Waals surface area contributed by atoms with Crippen LogP contribution in [0.5, 0.6) is 17.2 Å². The molecule has 8 rings (SSSR count). The molecule has 0 aromatic heterocycles. The fourth-order valence-electron chi connectivity index (χ4n) is 9.44. The number of aliphatic hydroxyl groups excluding tert-OH is 1. The Morgan fingerprint density at radius 3 is 2.54 bits per heavy atom. The van der Waals surface area contributed by atoms with Gasteiger partial charge in [0, 0.05) is 29.6 Å². The van der Waals surface area contributed by atoms with E-state index in [-0.39, 0.29) is 49.6 Å². The van der Waals surface area contributed by atoms with Gasteiger partial charge in [0.2, 0.25) is 12.7 Å². The van der Waals surface area contributed by atoms with Crippen LogP contribution in [0.3, 0.4) is 0 Å². The van der Waals surface area contributed by atoms with E-state index in [1.165, 1.54) is 6.42 Å². The molecule has 2 amide bonds. The van der Waals surface area contributed by atoms with Crippen LogP contribution in [-0.4, -0.2) is 67.2 Å². The van der Waals surface area contributed by atoms with Gasteiger partial charge in [-0.1, -0.05) is 83.1 Å². The van der Waals surface area contributed by atoms with Gasteiger partial charge in [-0.05, 0) is 71.6 Å². The van der Waals surface area contributed by atoms with Crippen LogP contribution in [0.15, 0.2) is 60.7 Å². The largest absolute Gasteiger partial charge is 0.496 e. The molecule has 4 fully saturated rings. The fraction of sp³-hybridized carbons (Fsp3) is 0.524. The second-order valence-electron chi connectivity index (χ2n) is 16.0. The second-order valence-corrected chi connectivity index (χ2v) is 16.0. The van der Waals surface area contributed by atoms with Crippen molar-refractivity contribution < 1.29 is 33.7 Å². The van der Waals surface area contributed by atoms with Crippen LogP contribution in [0.1, 0.15) is 68.9 Å². The van der Waals surface area contributed by atoms with Gasteiger partial charge in [-0.3, -0.25) is 14.4 Å². The Balaban J connectivity index is 1.14. The van der Waals surface area contributed by atoms with Crippen LogP contribution in [0, 0.1) is 35.0 Å². The average Bonchev–Trinajstić information content (AvgIpc) is 3.77. The van der Waals surface area contributed by atoms with E-state index >= 15 is 0 Å². The number of carbonyl (C=O) groups is 2. The van der Waals surface area contributed by atoms with Crippen molar-refractivity contribution in [3.8, 4) is 28.4 Å². The lowest BCUT2D eigenvalue weighted by atomic mass is 9.45. The van der Waals surface area contributed by atoms with Crippen molar-refractivity contribution in [2.24, 2.45) is 35.0 Å². The highest BCUT2D eigenvalue weighted by Gasteiger charge is 2.57. The number of hydroxylamine groups is 2. The van der Waals surface area contributed by atoms with Crippen molar-refractivity contribution in [2.75, 3.05) is 27.1 Å². The van der Waals surface area contributed by atoms with Crippen molar-refractivity contribution in [2.45, 2.75) is 78.6 Å². The first-order chi connectivity index (χ1) is 25.0. The summed E-state index contributed by atoms with van der Waals surface area (Å²) in [6, 6.07) is 19.0. The van der Waals surface area contributed by atoms with E-state index in [2.05, 4.69) is 45.3 Å². The molecule has 52 heavy (non-hydrogen) atoms. The summed E-state index contributed by atoms with van der Waals surface area (Å²) in [4.78, 5) is 34.3. The van der Waals surface area contributed by atoms with Crippen LogP contribution >= 0.6 is 0 Å². The molecule has 7 atom stereocenters. The number of para-hydroxylation sites is 1. The molecule has 10 heteroatoms. The number of fused-ring (bicyclic) bond motifs is 3. The van der Waals surface area contributed by atoms with Crippen molar-refractivity contribution in [3.05, 3.63) is 77.4 Å². The quantitative estimate of drug-likeness (QED) is 0.210. The summed E-state index contributed by atoms with van der Waals surface area (Å²) in [5.74, 6) is 2.68. The van der Waals surface area contributed by atoms with Gasteiger partial charge in [0.1, 0.15) is 17.9 Å². The Bertz CT molecular complexity index is 1780. The van der Waals surface area contributed by atoms with Crippen LogP contribution in [0.25, 0.3) is 11.1 Å². The highest BCUT2D eigenvalue weighted by atomic mass is 16.7. The number of carbonyl (C=O) groups excluding carboxylic acids is 2. The van der Waals surface area contributed by atoms with E-state index in [0.717, 1.165) is 28.7 Å². The fourth-order valence-corrected chi connectivity index (χ4v) is 9.44. The summed E-state index contributed by atoms with van der Waals surface area (Å²) in [6.45, 7) is 11.7. The third kappa shape index (κ3) is 6.65. The Kier molecular flexibility index (Phi) is 10.3. The lowest BCUT2D eigenvalue weighted by Crippen LogP contribution is -2.62. The third-order valence-corrected chi connectivity index (χ3v) is 12.5. The van der Waals surface area contributed by atoms with Crippen molar-refractivity contribution in [1.29, 1.82) is 0 Å². The number of rotatable bonds is 12. The molecule has 0 unspecified atom stereocenters. The molecule has 1 saturated heterocycles. The SMILES string of the molecule is COc1c(CN2O[C@@H](CO)[C@H](C(C)C)[C@H]2C(=O)N[C@H]2C[C@@H]3C[C@H]([C@@H]2C)C3(C)C)cccc1-c1cc2c(c(C(=O)NCCc3ccccc3)c1)OCO2. The van der Waals surface area contributed by atoms with Gasteiger partial charge < -0.3 is 30.0 Å². The molecule has 0 radical (unpaired) electrons. The van der Waals surface area contributed by atoms with E-state index in [0.29, 0.717) is 58.9 Å². The summed E-state index contributed by atoms with van der Waals surface area (Å²) in [5.41, 5.74) is 4.13. The summed E-state index contributed by atoms with van der Waals surface area (Å²) < 4.78 is 17.6. The first-order valence-electron chi connectivity index (χ1n) is 18.8. The molecule has 3 aromatic rings. The number of methoxy groups -OCH3 is 1. The standard InChI is InChI=1S/C42H53N3O7/c1-24(2)36-35(22-46)52-45(37(36)41(48)44-33-20-29-19-32(25(33)3)42(29,4)5)21-27-13-10-14-30(38(27)49-6)28-17-31(39-34(18-28)50-23-51-39)40(47)43-16-15-26-11-8-7-9-12-26/h7-14,17-18,24-25,29,32-33,35-37,46H,15-16,19-23H2,1-6H3,(H,43,47)(H,44,48)/t25-,29-,32+,33-,35-,36-,37-/m0/s1. The summed E-state index contributed by atoms with van der Waals surface area (Å²) in [7, 11) is 1.62. The third-order valence-electron chi connectivity index (χ3n) is 12.5. The lowest BCUT2D eigenvalue weighted by molar-refractivity contribution is -0.183. The van der Waals surface area contributed by atoms with Crippen molar-refractivity contribution in [1.82, 2.24) is 15.7 Å². The Labute approximate surface area is 307 Å². The Morgan fingerprint density at radius 2 is 1.85 bits per heavy atom. The maximum Gasteiger partial charge on any atom is 0.255 e. The van der Waals surface area contributed by atoms with Crippen LogP contribution in [-0.2, 0) is 22.6 Å². The zero-order valence-corrected chi connectivity index (χ0v) is 31.2. The van der Waals surface area contributed by atoms with Crippen LogP contribution < -0.4 is 24.8 Å². The van der Waals surface area contributed by atoms with Gasteiger partial charge in [-0.15, -0.1) is 0 Å². The summed E-state index contributed by atoms with van der Waals surface area (Å²) in [6.07, 6.45) is 2.41. The zero-order chi connectivity index (χ0) is 36.7. The minimum Gasteiger partial charge on any atom is -0.496 e. The molecule has 3 aliphatic carbocycles. The Hall–Kier alpha value is -4.12. The Morgan fingerprint density at radius 1 is 1.06 bits per heavy atom. The van der Waals surface area contributed by atoms with Crippen LogP contribution in [0.2, 0.25) is 0 Å². The monoisotopic (exact) mass is 711 g/mol. The summed E-state index contributed by atoms with van der Waals surface area (Å²) in [5, 5.41) is 18.6. The topological polar surface area (TPSA) is 119 Å². The number of benzene rings is 3. The predicted octanol–water partition coefficient (Wildman–Crippen LogP) is 6.00. The van der Waals surface area contributed by atoms with Gasteiger partial charge in [-0.25, -0.2) is 0 Å². The minimum absolute atomic E-state index is 0.0256. The van der Waals surface area contributed by atoms with E-state index in [4.69, 9.17) is 19.0 Å². The van der Waals surface area contributed by atoms with E-state index in [1.807, 2.05) is 60.7 Å². The smallest absolute Gasteiger partial charge is 0.255 e. The second kappa shape index (κ2) is 14.7. The van der Waals surface area contributed by atoms with Crippen molar-refractivity contribution in [3.63, 3.8) is 0 Å². The highest BCUT2D eigenvalue weighted by molar-refractivity contribution is 5.99. The van der Waals surface area contributed by atoms with Gasteiger partial charge in [0.15, 0.2) is 11.5 Å². The summed E-state index contributed by atoms with van der Waals surface area (Å²) >= 11 is 0. The number of nitrogens with zero attached hydrogens (tertiary/aromatic N) is 1. The number of ether oxygens (including phenoxy) is 3. The molecule has 2 heterocycles. The number of amides is 2. The number of aliphatic hydroxyl groups is 1. The molecule has 10 nitrogen and oxygen atoms in total. The van der Waals surface area contributed by atoms with Gasteiger partial charge in [0.05, 0.1) is 25.8 Å². The molecule has 3 N–H and O–H groups in total. The van der Waals surface area contributed by atoms with Crippen LogP contribution in [0.4, 0.5) is 0 Å². The zero-order valence-electron chi connectivity index (χ0n) is 31.2. The molecule has 3 saturated carbocycles. The van der Waals surface area contributed by atoms with Gasteiger partial charge in [0.25, 0.3) is 5.91 Å². The number of hydrogen-bond donors (Lipinski definition) is 3. The molecule has 0 spiro atoms. The van der Waals surface area contributed by atoms with E-state index in [1.54, 1.807) is 12.2 Å². The molecule has 3 aromatic carbocycles. The number of hydrogen-bond acceptors (Lipinski definition) is 8. The molecule has 278 valence electrons. The van der Waals surface area contributed by atoms with E-state index in [9.17, 15) is 14.7 Å². The average molecular weight is 712 g/mol. The molecular formula is C42H53N3O7. The normalized spacial score (nSPS) is 27.3. The maximum atomic E-state index is 14.3. The molecule has 2 bridgehead atoms. The molecule has 5 aliphatic rings. The first-order valence-corrected chi connectivity index (χ1v) is 18.8. The van der Waals surface area contributed by atoms with Gasteiger partial charge in [-0.2, -0.15) is 5.06 Å². The molecular weight excluding hydrogens is 658 g/mol. The first kappa shape index (κ1) is 36.2. The lowest BCUT2D eigenvalue weighted by Gasteiger charge is -2.62. The van der Waals surface area contributed by atoms with E-state index < -0.39 is 12.1 Å². The maximum absolute atomic E-state index is 14.3.